The quantitative estimate of drug-likeness (QED) is 0.911. The Morgan fingerprint density at radius 2 is 2.26 bits per heavy atom. The molecule has 1 saturated heterocycles. The van der Waals surface area contributed by atoms with Crippen molar-refractivity contribution < 1.29 is 4.39 Å². The number of rotatable bonds is 4. The van der Waals surface area contributed by atoms with Crippen LogP contribution in [0.2, 0.25) is 5.02 Å². The van der Waals surface area contributed by atoms with Crippen molar-refractivity contribution in [1.29, 1.82) is 0 Å². The Hall–Kier alpha value is -0.640. The summed E-state index contributed by atoms with van der Waals surface area (Å²) in [5.41, 5.74) is 0.992. The Labute approximate surface area is 119 Å². The van der Waals surface area contributed by atoms with Crippen molar-refractivity contribution in [3.8, 4) is 0 Å². The molecule has 1 aliphatic heterocycles. The lowest BCUT2D eigenvalue weighted by Gasteiger charge is -2.39. The van der Waals surface area contributed by atoms with Gasteiger partial charge in [0.25, 0.3) is 0 Å². The van der Waals surface area contributed by atoms with Gasteiger partial charge in [-0.3, -0.25) is 4.90 Å². The second-order valence-corrected chi connectivity index (χ2v) is 5.83. The average Bonchev–Trinajstić information content (AvgIpc) is 2.38. The van der Waals surface area contributed by atoms with Crippen molar-refractivity contribution in [2.24, 2.45) is 0 Å². The minimum absolute atomic E-state index is 0.195. The zero-order valence-electron chi connectivity index (χ0n) is 11.6. The van der Waals surface area contributed by atoms with Crippen LogP contribution in [-0.4, -0.2) is 30.1 Å². The third kappa shape index (κ3) is 3.91. The zero-order chi connectivity index (χ0) is 13.8. The van der Waals surface area contributed by atoms with E-state index < -0.39 is 0 Å². The minimum atomic E-state index is -0.327. The fourth-order valence-electron chi connectivity index (χ4n) is 2.63. The highest BCUT2D eigenvalue weighted by molar-refractivity contribution is 6.30. The maximum absolute atomic E-state index is 13.5. The molecule has 2 rings (SSSR count). The van der Waals surface area contributed by atoms with Crippen LogP contribution < -0.4 is 5.32 Å². The highest BCUT2D eigenvalue weighted by Gasteiger charge is 2.24. The molecular weight excluding hydrogens is 263 g/mol. The van der Waals surface area contributed by atoms with E-state index >= 15 is 0 Å². The molecule has 0 bridgehead atoms. The van der Waals surface area contributed by atoms with Gasteiger partial charge in [0.15, 0.2) is 0 Å². The Balaban J connectivity index is 2.01. The van der Waals surface area contributed by atoms with Crippen LogP contribution in [0.25, 0.3) is 0 Å². The van der Waals surface area contributed by atoms with Crippen LogP contribution in [-0.2, 0) is 6.54 Å². The third-order valence-corrected chi connectivity index (χ3v) is 4.09. The smallest absolute Gasteiger partial charge is 0.142 e. The van der Waals surface area contributed by atoms with Crippen molar-refractivity contribution in [3.05, 3.63) is 34.6 Å². The molecule has 2 nitrogen and oxygen atoms in total. The maximum Gasteiger partial charge on any atom is 0.142 e. The lowest BCUT2D eigenvalue weighted by atomic mass is 10.0. The molecule has 2 unspecified atom stereocenters. The van der Waals surface area contributed by atoms with Gasteiger partial charge in [0, 0.05) is 31.7 Å². The fraction of sp³-hybridized carbons (Fsp3) is 0.600. The summed E-state index contributed by atoms with van der Waals surface area (Å²) in [6.07, 6.45) is 2.38. The molecule has 19 heavy (non-hydrogen) atoms. The average molecular weight is 285 g/mol. The van der Waals surface area contributed by atoms with Gasteiger partial charge in [-0.25, -0.2) is 4.39 Å². The highest BCUT2D eigenvalue weighted by atomic mass is 35.5. The van der Waals surface area contributed by atoms with E-state index in [2.05, 4.69) is 24.1 Å². The van der Waals surface area contributed by atoms with E-state index in [4.69, 9.17) is 11.6 Å². The van der Waals surface area contributed by atoms with Crippen LogP contribution in [0.4, 0.5) is 4.39 Å². The second-order valence-electron chi connectivity index (χ2n) is 5.42. The summed E-state index contributed by atoms with van der Waals surface area (Å²) in [6.45, 7) is 7.23. The standard InChI is InChI=1S/C15H22ClFN2/c1-3-4-13-10-19(11(2)8-18-13)9-12-5-6-14(16)15(17)7-12/h5-7,11,13,18H,3-4,8-10H2,1-2H3. The fourth-order valence-corrected chi connectivity index (χ4v) is 2.75. The van der Waals surface area contributed by atoms with Crippen molar-refractivity contribution in [2.45, 2.75) is 45.3 Å². The molecule has 1 N–H and O–H groups in total. The van der Waals surface area contributed by atoms with E-state index in [-0.39, 0.29) is 10.8 Å². The topological polar surface area (TPSA) is 15.3 Å². The number of hydrogen-bond acceptors (Lipinski definition) is 2. The van der Waals surface area contributed by atoms with E-state index in [0.29, 0.717) is 12.1 Å². The number of benzene rings is 1. The summed E-state index contributed by atoms with van der Waals surface area (Å²) < 4.78 is 13.5. The summed E-state index contributed by atoms with van der Waals surface area (Å²) in [7, 11) is 0. The van der Waals surface area contributed by atoms with Gasteiger partial charge in [-0.15, -0.1) is 0 Å². The van der Waals surface area contributed by atoms with Crippen molar-refractivity contribution in [3.63, 3.8) is 0 Å². The number of halogens is 2. The highest BCUT2D eigenvalue weighted by Crippen LogP contribution is 2.19. The molecule has 0 radical (unpaired) electrons. The lowest BCUT2D eigenvalue weighted by molar-refractivity contribution is 0.129. The van der Waals surface area contributed by atoms with Crippen LogP contribution >= 0.6 is 11.6 Å². The van der Waals surface area contributed by atoms with E-state index in [1.165, 1.54) is 12.8 Å². The molecule has 1 aliphatic rings. The largest absolute Gasteiger partial charge is 0.311 e. The number of nitrogens with one attached hydrogen (secondary N) is 1. The Morgan fingerprint density at radius 1 is 1.47 bits per heavy atom. The number of hydrogen-bond donors (Lipinski definition) is 1. The predicted molar refractivity (Wildman–Crippen MR) is 78.0 cm³/mol. The summed E-state index contributed by atoms with van der Waals surface area (Å²) in [4.78, 5) is 2.42. The first kappa shape index (κ1) is 14.8. The maximum atomic E-state index is 13.5. The second kappa shape index (κ2) is 6.69. The Kier molecular flexibility index (Phi) is 5.20. The third-order valence-electron chi connectivity index (χ3n) is 3.79. The molecule has 2 atom stereocenters. The molecule has 1 fully saturated rings. The van der Waals surface area contributed by atoms with E-state index in [1.807, 2.05) is 6.07 Å². The summed E-state index contributed by atoms with van der Waals surface area (Å²) in [5, 5.41) is 3.76. The van der Waals surface area contributed by atoms with Crippen molar-refractivity contribution in [1.82, 2.24) is 10.2 Å². The predicted octanol–water partition coefficient (Wildman–Crippen LogP) is 3.44. The van der Waals surface area contributed by atoms with E-state index in [9.17, 15) is 4.39 Å². The summed E-state index contributed by atoms with van der Waals surface area (Å²) in [5.74, 6) is -0.327. The monoisotopic (exact) mass is 284 g/mol. The molecule has 0 spiro atoms. The SMILES string of the molecule is CCCC1CN(Cc2ccc(Cl)c(F)c2)C(C)CN1. The molecule has 0 aliphatic carbocycles. The van der Waals surface area contributed by atoms with Gasteiger partial charge in [-0.1, -0.05) is 31.0 Å². The zero-order valence-corrected chi connectivity index (χ0v) is 12.4. The number of nitrogens with zero attached hydrogens (tertiary/aromatic N) is 1. The van der Waals surface area contributed by atoms with Gasteiger partial charge in [-0.2, -0.15) is 0 Å². The van der Waals surface area contributed by atoms with Crippen molar-refractivity contribution >= 4 is 11.6 Å². The van der Waals surface area contributed by atoms with Crippen LogP contribution in [0, 0.1) is 5.82 Å². The Morgan fingerprint density at radius 3 is 2.95 bits per heavy atom. The van der Waals surface area contributed by atoms with Gasteiger partial charge in [0.05, 0.1) is 5.02 Å². The van der Waals surface area contributed by atoms with E-state index in [0.717, 1.165) is 25.2 Å². The van der Waals surface area contributed by atoms with Crippen molar-refractivity contribution in [2.75, 3.05) is 13.1 Å². The first-order chi connectivity index (χ1) is 9.10. The minimum Gasteiger partial charge on any atom is -0.311 e. The number of piperazine rings is 1. The molecule has 1 aromatic carbocycles. The first-order valence-corrected chi connectivity index (χ1v) is 7.39. The molecule has 4 heteroatoms. The molecule has 0 saturated carbocycles. The molecular formula is C15H22ClFN2. The summed E-state index contributed by atoms with van der Waals surface area (Å²) >= 11 is 5.72. The molecule has 1 aromatic rings. The van der Waals surface area contributed by atoms with Crippen LogP contribution in [0.15, 0.2) is 18.2 Å². The molecule has 0 amide bonds. The molecule has 106 valence electrons. The first-order valence-electron chi connectivity index (χ1n) is 7.01. The van der Waals surface area contributed by atoms with Gasteiger partial charge in [0.1, 0.15) is 5.82 Å². The summed E-state index contributed by atoms with van der Waals surface area (Å²) in [6, 6.07) is 6.13. The normalized spacial score (nSPS) is 24.6. The van der Waals surface area contributed by atoms with Crippen LogP contribution in [0.5, 0.6) is 0 Å². The lowest BCUT2D eigenvalue weighted by Crippen LogP contribution is -2.54. The Bertz CT molecular complexity index is 425. The van der Waals surface area contributed by atoms with Gasteiger partial charge < -0.3 is 5.32 Å². The van der Waals surface area contributed by atoms with Crippen LogP contribution in [0.1, 0.15) is 32.3 Å². The van der Waals surface area contributed by atoms with E-state index in [1.54, 1.807) is 12.1 Å². The molecule has 0 aromatic heterocycles. The van der Waals surface area contributed by atoms with Gasteiger partial charge >= 0.3 is 0 Å². The molecule has 1 heterocycles. The van der Waals surface area contributed by atoms with Crippen LogP contribution in [0.3, 0.4) is 0 Å². The van der Waals surface area contributed by atoms with Gasteiger partial charge in [-0.05, 0) is 31.0 Å². The van der Waals surface area contributed by atoms with Gasteiger partial charge in [0.2, 0.25) is 0 Å².